The fraction of sp³-hybridized carbons (Fsp3) is 0.143. The van der Waals surface area contributed by atoms with E-state index >= 15 is 0 Å². The molecule has 0 radical (unpaired) electrons. The summed E-state index contributed by atoms with van der Waals surface area (Å²) in [5, 5.41) is -0.0864. The van der Waals surface area contributed by atoms with Crippen molar-refractivity contribution in [2.45, 2.75) is 11.8 Å². The zero-order valence-corrected chi connectivity index (χ0v) is 10.5. The Morgan fingerprint density at radius 2 is 1.76 bits per heavy atom. The number of rotatable bonds is 3. The Hall–Kier alpha value is -1.05. The molecule has 2 aromatic rings. The first-order valence-electron chi connectivity index (χ1n) is 5.30. The van der Waals surface area contributed by atoms with E-state index in [1.54, 1.807) is 12.1 Å². The molecule has 0 amide bonds. The largest absolute Gasteiger partial charge is 0.205 e. The van der Waals surface area contributed by atoms with Gasteiger partial charge in [-0.3, -0.25) is 0 Å². The Bertz CT molecular complexity index is 497. The van der Waals surface area contributed by atoms with Gasteiger partial charge in [0.05, 0.1) is 10.4 Å². The minimum atomic E-state index is -0.418. The second kappa shape index (κ2) is 5.52. The summed E-state index contributed by atoms with van der Waals surface area (Å²) in [4.78, 5) is 0. The van der Waals surface area contributed by atoms with Crippen LogP contribution in [-0.4, -0.2) is 0 Å². The molecule has 1 unspecified atom stereocenters. The maximum atomic E-state index is 13.0. The maximum absolute atomic E-state index is 13.0. The van der Waals surface area contributed by atoms with Gasteiger partial charge in [0.2, 0.25) is 0 Å². The van der Waals surface area contributed by atoms with Crippen LogP contribution < -0.4 is 0 Å². The summed E-state index contributed by atoms with van der Waals surface area (Å²) < 4.78 is 13.0. The predicted molar refractivity (Wildman–Crippen MR) is 70.2 cm³/mol. The lowest BCUT2D eigenvalue weighted by Gasteiger charge is -2.10. The lowest BCUT2D eigenvalue weighted by molar-refractivity contribution is 0.627. The van der Waals surface area contributed by atoms with Crippen LogP contribution in [0.3, 0.4) is 0 Å². The van der Waals surface area contributed by atoms with E-state index in [2.05, 4.69) is 0 Å². The smallest absolute Gasteiger partial charge is 0.141 e. The van der Waals surface area contributed by atoms with E-state index in [0.29, 0.717) is 6.42 Å². The summed E-state index contributed by atoms with van der Waals surface area (Å²) in [6.45, 7) is 0. The van der Waals surface area contributed by atoms with Crippen LogP contribution in [0.25, 0.3) is 0 Å². The van der Waals surface area contributed by atoms with Gasteiger partial charge in [0.25, 0.3) is 0 Å². The van der Waals surface area contributed by atoms with Crippen LogP contribution in [0.1, 0.15) is 16.5 Å². The lowest BCUT2D eigenvalue weighted by Crippen LogP contribution is -1.96. The number of alkyl halides is 1. The van der Waals surface area contributed by atoms with E-state index in [0.717, 1.165) is 11.1 Å². The van der Waals surface area contributed by atoms with E-state index in [9.17, 15) is 4.39 Å². The summed E-state index contributed by atoms with van der Waals surface area (Å²) >= 11 is 12.0. The van der Waals surface area contributed by atoms with Gasteiger partial charge in [0.15, 0.2) is 0 Å². The van der Waals surface area contributed by atoms with Gasteiger partial charge in [0, 0.05) is 0 Å². The van der Waals surface area contributed by atoms with Crippen molar-refractivity contribution in [3.63, 3.8) is 0 Å². The summed E-state index contributed by atoms with van der Waals surface area (Å²) in [5.41, 5.74) is 1.98. The van der Waals surface area contributed by atoms with Gasteiger partial charge in [-0.2, -0.15) is 0 Å². The zero-order chi connectivity index (χ0) is 12.3. The third kappa shape index (κ3) is 3.21. The third-order valence-electron chi connectivity index (χ3n) is 2.56. The lowest BCUT2D eigenvalue weighted by atomic mass is 10.0. The third-order valence-corrected chi connectivity index (χ3v) is 3.26. The Labute approximate surface area is 110 Å². The van der Waals surface area contributed by atoms with E-state index in [1.807, 2.05) is 30.3 Å². The molecule has 0 aromatic heterocycles. The molecule has 0 fully saturated rings. The minimum Gasteiger partial charge on any atom is -0.205 e. The van der Waals surface area contributed by atoms with Gasteiger partial charge in [-0.1, -0.05) is 48.0 Å². The fourth-order valence-corrected chi connectivity index (χ4v) is 2.15. The normalized spacial score (nSPS) is 12.4. The monoisotopic (exact) mass is 268 g/mol. The number of halogens is 3. The molecule has 3 heteroatoms. The van der Waals surface area contributed by atoms with Crippen molar-refractivity contribution in [3.05, 3.63) is 70.5 Å². The molecule has 2 aromatic carbocycles. The highest BCUT2D eigenvalue weighted by molar-refractivity contribution is 6.31. The standard InChI is InChI=1S/C14H11Cl2F/c15-12(8-10-4-2-1-3-5-10)11-6-7-14(17)13(16)9-11/h1-7,9,12H,8H2. The molecule has 1 atom stereocenters. The minimum absolute atomic E-state index is 0.112. The van der Waals surface area contributed by atoms with Crippen molar-refractivity contribution in [2.24, 2.45) is 0 Å². The highest BCUT2D eigenvalue weighted by Crippen LogP contribution is 2.28. The summed E-state index contributed by atoms with van der Waals surface area (Å²) in [6.07, 6.45) is 0.699. The SMILES string of the molecule is Fc1ccc(C(Cl)Cc2ccccc2)cc1Cl. The molecule has 0 nitrogen and oxygen atoms in total. The van der Waals surface area contributed by atoms with Crippen molar-refractivity contribution in [1.82, 2.24) is 0 Å². The van der Waals surface area contributed by atoms with Crippen LogP contribution in [0, 0.1) is 5.82 Å². The molecule has 0 N–H and O–H groups in total. The Balaban J connectivity index is 2.14. The zero-order valence-electron chi connectivity index (χ0n) is 9.04. The molecule has 0 aliphatic rings. The number of hydrogen-bond donors (Lipinski definition) is 0. The van der Waals surface area contributed by atoms with Gasteiger partial charge >= 0.3 is 0 Å². The Kier molecular flexibility index (Phi) is 4.03. The fourth-order valence-electron chi connectivity index (χ4n) is 1.65. The molecule has 0 spiro atoms. The maximum Gasteiger partial charge on any atom is 0.141 e. The summed E-state index contributed by atoms with van der Waals surface area (Å²) in [6, 6.07) is 14.5. The molecule has 88 valence electrons. The molecule has 0 saturated carbocycles. The average molecular weight is 269 g/mol. The van der Waals surface area contributed by atoms with Gasteiger partial charge in [0.1, 0.15) is 5.82 Å². The van der Waals surface area contributed by atoms with Crippen LogP contribution in [0.2, 0.25) is 5.02 Å². The quantitative estimate of drug-likeness (QED) is 0.688. The van der Waals surface area contributed by atoms with Crippen molar-refractivity contribution in [2.75, 3.05) is 0 Å². The van der Waals surface area contributed by atoms with Crippen LogP contribution in [-0.2, 0) is 6.42 Å². The van der Waals surface area contributed by atoms with Gasteiger partial charge in [-0.25, -0.2) is 4.39 Å². The Morgan fingerprint density at radius 3 is 2.41 bits per heavy atom. The van der Waals surface area contributed by atoms with Crippen molar-refractivity contribution < 1.29 is 4.39 Å². The molecule has 0 aliphatic carbocycles. The number of hydrogen-bond acceptors (Lipinski definition) is 0. The van der Waals surface area contributed by atoms with Crippen LogP contribution in [0.4, 0.5) is 4.39 Å². The molecule has 0 saturated heterocycles. The first kappa shape index (κ1) is 12.4. The van der Waals surface area contributed by atoms with Crippen LogP contribution >= 0.6 is 23.2 Å². The topological polar surface area (TPSA) is 0 Å². The second-order valence-corrected chi connectivity index (χ2v) is 4.76. The summed E-state index contributed by atoms with van der Waals surface area (Å²) in [7, 11) is 0. The molecule has 0 heterocycles. The van der Waals surface area contributed by atoms with E-state index in [1.165, 1.54) is 6.07 Å². The van der Waals surface area contributed by atoms with Crippen LogP contribution in [0.5, 0.6) is 0 Å². The second-order valence-electron chi connectivity index (χ2n) is 3.83. The van der Waals surface area contributed by atoms with Gasteiger partial charge in [-0.15, -0.1) is 11.6 Å². The molecular weight excluding hydrogens is 258 g/mol. The predicted octanol–water partition coefficient (Wildman–Crippen LogP) is 5.00. The molecule has 0 aliphatic heterocycles. The molecule has 2 rings (SSSR count). The van der Waals surface area contributed by atoms with Crippen molar-refractivity contribution in [1.29, 1.82) is 0 Å². The average Bonchev–Trinajstić information content (AvgIpc) is 2.34. The van der Waals surface area contributed by atoms with E-state index in [4.69, 9.17) is 23.2 Å². The van der Waals surface area contributed by atoms with Crippen LogP contribution in [0.15, 0.2) is 48.5 Å². The first-order valence-corrected chi connectivity index (χ1v) is 6.11. The molecule has 0 bridgehead atoms. The van der Waals surface area contributed by atoms with E-state index < -0.39 is 5.82 Å². The summed E-state index contributed by atoms with van der Waals surface area (Å²) in [5.74, 6) is -0.418. The van der Waals surface area contributed by atoms with Gasteiger partial charge < -0.3 is 0 Å². The molecule has 17 heavy (non-hydrogen) atoms. The highest BCUT2D eigenvalue weighted by atomic mass is 35.5. The number of benzene rings is 2. The first-order chi connectivity index (χ1) is 8.16. The molecular formula is C14H11Cl2F. The Morgan fingerprint density at radius 1 is 1.06 bits per heavy atom. The van der Waals surface area contributed by atoms with Crippen molar-refractivity contribution >= 4 is 23.2 Å². The van der Waals surface area contributed by atoms with Crippen molar-refractivity contribution in [3.8, 4) is 0 Å². The van der Waals surface area contributed by atoms with Gasteiger partial charge in [-0.05, 0) is 29.7 Å². The highest BCUT2D eigenvalue weighted by Gasteiger charge is 2.10. The van der Waals surface area contributed by atoms with E-state index in [-0.39, 0.29) is 10.4 Å².